The molecule has 0 unspecified atom stereocenters. The Morgan fingerprint density at radius 2 is 1.90 bits per heavy atom. The van der Waals surface area contributed by atoms with Gasteiger partial charge >= 0.3 is 0 Å². The van der Waals surface area contributed by atoms with Gasteiger partial charge in [-0.2, -0.15) is 0 Å². The average Bonchev–Trinajstić information content (AvgIpc) is 2.41. The maximum atomic E-state index is 13.5. The van der Waals surface area contributed by atoms with E-state index in [0.717, 1.165) is 17.8 Å². The number of halogens is 2. The zero-order valence-corrected chi connectivity index (χ0v) is 13.2. The third-order valence-electron chi connectivity index (χ3n) is 2.97. The monoisotopic (exact) mass is 336 g/mol. The molecule has 2 aromatic carbocycles. The topological polar surface area (TPSA) is 15.3 Å². The Morgan fingerprint density at radius 3 is 2.60 bits per heavy atom. The molecule has 106 valence electrons. The van der Waals surface area contributed by atoms with Gasteiger partial charge in [0.1, 0.15) is 5.82 Å². The standard InChI is InChI=1S/C16H18BrFN2/c1-20(2)11-13-5-3-4-6-16(13)19-10-12-7-8-14(17)15(18)9-12/h3-9,19H,10-11H2,1-2H3. The predicted octanol–water partition coefficient (Wildman–Crippen LogP) is 4.26. The van der Waals surface area contributed by atoms with Crippen LogP contribution in [0.3, 0.4) is 0 Å². The third-order valence-corrected chi connectivity index (χ3v) is 3.61. The smallest absolute Gasteiger partial charge is 0.137 e. The quantitative estimate of drug-likeness (QED) is 0.877. The highest BCUT2D eigenvalue weighted by molar-refractivity contribution is 9.10. The number of hydrogen-bond acceptors (Lipinski definition) is 2. The number of nitrogens with zero attached hydrogens (tertiary/aromatic N) is 1. The molecular weight excluding hydrogens is 319 g/mol. The first kappa shape index (κ1) is 15.0. The summed E-state index contributed by atoms with van der Waals surface area (Å²) in [6, 6.07) is 13.4. The van der Waals surface area contributed by atoms with Crippen LogP contribution in [0, 0.1) is 5.82 Å². The first-order chi connectivity index (χ1) is 9.56. The largest absolute Gasteiger partial charge is 0.381 e. The molecule has 0 amide bonds. The van der Waals surface area contributed by atoms with Gasteiger partial charge in [-0.05, 0) is 59.4 Å². The fourth-order valence-electron chi connectivity index (χ4n) is 2.02. The van der Waals surface area contributed by atoms with Gasteiger partial charge in [-0.15, -0.1) is 0 Å². The van der Waals surface area contributed by atoms with E-state index in [1.54, 1.807) is 12.1 Å². The molecule has 0 spiro atoms. The summed E-state index contributed by atoms with van der Waals surface area (Å²) in [6.45, 7) is 1.48. The predicted molar refractivity (Wildman–Crippen MR) is 85.3 cm³/mol. The molecule has 20 heavy (non-hydrogen) atoms. The van der Waals surface area contributed by atoms with Crippen LogP contribution in [0.1, 0.15) is 11.1 Å². The molecule has 0 aliphatic heterocycles. The summed E-state index contributed by atoms with van der Waals surface area (Å²) in [7, 11) is 4.09. The number of benzene rings is 2. The second-order valence-electron chi connectivity index (χ2n) is 5.00. The second kappa shape index (κ2) is 6.86. The Labute approximate surface area is 127 Å². The first-order valence-electron chi connectivity index (χ1n) is 6.46. The van der Waals surface area contributed by atoms with E-state index in [-0.39, 0.29) is 5.82 Å². The van der Waals surface area contributed by atoms with Crippen molar-refractivity contribution < 1.29 is 4.39 Å². The minimum absolute atomic E-state index is 0.231. The molecule has 0 aliphatic carbocycles. The Balaban J connectivity index is 2.08. The molecule has 0 aliphatic rings. The van der Waals surface area contributed by atoms with Crippen LogP contribution < -0.4 is 5.32 Å². The van der Waals surface area contributed by atoms with Gasteiger partial charge in [-0.3, -0.25) is 0 Å². The lowest BCUT2D eigenvalue weighted by Crippen LogP contribution is -2.12. The molecule has 2 nitrogen and oxygen atoms in total. The van der Waals surface area contributed by atoms with Crippen molar-refractivity contribution in [3.63, 3.8) is 0 Å². The summed E-state index contributed by atoms with van der Waals surface area (Å²) in [5, 5.41) is 3.37. The lowest BCUT2D eigenvalue weighted by atomic mass is 10.1. The van der Waals surface area contributed by atoms with Gasteiger partial charge in [-0.1, -0.05) is 24.3 Å². The number of nitrogens with one attached hydrogen (secondary N) is 1. The van der Waals surface area contributed by atoms with Crippen molar-refractivity contribution in [2.45, 2.75) is 13.1 Å². The van der Waals surface area contributed by atoms with Gasteiger partial charge in [0.25, 0.3) is 0 Å². The molecule has 0 atom stereocenters. The first-order valence-corrected chi connectivity index (χ1v) is 7.26. The Hall–Kier alpha value is -1.39. The van der Waals surface area contributed by atoms with E-state index in [9.17, 15) is 4.39 Å². The highest BCUT2D eigenvalue weighted by Crippen LogP contribution is 2.20. The van der Waals surface area contributed by atoms with Crippen LogP contribution in [-0.2, 0) is 13.1 Å². The van der Waals surface area contributed by atoms with Crippen LogP contribution in [-0.4, -0.2) is 19.0 Å². The van der Waals surface area contributed by atoms with Crippen molar-refractivity contribution in [2.75, 3.05) is 19.4 Å². The minimum Gasteiger partial charge on any atom is -0.381 e. The zero-order valence-electron chi connectivity index (χ0n) is 11.7. The van der Waals surface area contributed by atoms with Gasteiger partial charge < -0.3 is 10.2 Å². The van der Waals surface area contributed by atoms with Crippen LogP contribution in [0.15, 0.2) is 46.9 Å². The molecule has 0 radical (unpaired) electrons. The maximum Gasteiger partial charge on any atom is 0.137 e. The van der Waals surface area contributed by atoms with Crippen LogP contribution in [0.25, 0.3) is 0 Å². The molecule has 0 saturated carbocycles. The van der Waals surface area contributed by atoms with Crippen LogP contribution >= 0.6 is 15.9 Å². The van der Waals surface area contributed by atoms with E-state index in [1.165, 1.54) is 5.56 Å². The highest BCUT2D eigenvalue weighted by Gasteiger charge is 2.04. The van der Waals surface area contributed by atoms with E-state index in [2.05, 4.69) is 32.2 Å². The fraction of sp³-hybridized carbons (Fsp3) is 0.250. The third kappa shape index (κ3) is 4.05. The van der Waals surface area contributed by atoms with Crippen molar-refractivity contribution in [3.8, 4) is 0 Å². The van der Waals surface area contributed by atoms with Crippen molar-refractivity contribution in [1.82, 2.24) is 4.90 Å². The summed E-state index contributed by atoms with van der Waals surface area (Å²) in [4.78, 5) is 2.12. The van der Waals surface area contributed by atoms with E-state index in [1.807, 2.05) is 38.4 Å². The summed E-state index contributed by atoms with van der Waals surface area (Å²) >= 11 is 3.16. The molecule has 0 heterocycles. The normalized spacial score (nSPS) is 10.8. The highest BCUT2D eigenvalue weighted by atomic mass is 79.9. The Morgan fingerprint density at radius 1 is 1.15 bits per heavy atom. The van der Waals surface area contributed by atoms with Gasteiger partial charge in [0, 0.05) is 18.8 Å². The molecule has 4 heteroatoms. The van der Waals surface area contributed by atoms with Crippen molar-refractivity contribution >= 4 is 21.6 Å². The van der Waals surface area contributed by atoms with E-state index >= 15 is 0 Å². The summed E-state index contributed by atoms with van der Waals surface area (Å²) in [6.07, 6.45) is 0. The zero-order chi connectivity index (χ0) is 14.5. The lowest BCUT2D eigenvalue weighted by molar-refractivity contribution is 0.403. The SMILES string of the molecule is CN(C)Cc1ccccc1NCc1ccc(Br)c(F)c1. The van der Waals surface area contributed by atoms with E-state index in [0.29, 0.717) is 11.0 Å². The van der Waals surface area contributed by atoms with Crippen LogP contribution in [0.2, 0.25) is 0 Å². The van der Waals surface area contributed by atoms with Gasteiger partial charge in [0.05, 0.1) is 4.47 Å². The molecule has 1 N–H and O–H groups in total. The molecule has 0 fully saturated rings. The van der Waals surface area contributed by atoms with E-state index in [4.69, 9.17) is 0 Å². The number of rotatable bonds is 5. The van der Waals surface area contributed by atoms with Crippen molar-refractivity contribution in [1.29, 1.82) is 0 Å². The average molecular weight is 337 g/mol. The van der Waals surface area contributed by atoms with Crippen LogP contribution in [0.5, 0.6) is 0 Å². The summed E-state index contributed by atoms with van der Waals surface area (Å²) < 4.78 is 14.0. The number of anilines is 1. The molecule has 2 rings (SSSR count). The number of para-hydroxylation sites is 1. The van der Waals surface area contributed by atoms with Gasteiger partial charge in [0.15, 0.2) is 0 Å². The molecule has 0 bridgehead atoms. The van der Waals surface area contributed by atoms with Crippen LogP contribution in [0.4, 0.5) is 10.1 Å². The molecule has 2 aromatic rings. The fourth-order valence-corrected chi connectivity index (χ4v) is 2.26. The summed E-state index contributed by atoms with van der Waals surface area (Å²) in [5.74, 6) is -0.231. The molecular formula is C16H18BrFN2. The maximum absolute atomic E-state index is 13.5. The lowest BCUT2D eigenvalue weighted by Gasteiger charge is -2.15. The van der Waals surface area contributed by atoms with Crippen molar-refractivity contribution in [2.24, 2.45) is 0 Å². The van der Waals surface area contributed by atoms with E-state index < -0.39 is 0 Å². The molecule has 0 saturated heterocycles. The second-order valence-corrected chi connectivity index (χ2v) is 5.85. The van der Waals surface area contributed by atoms with Gasteiger partial charge in [0.2, 0.25) is 0 Å². The summed E-state index contributed by atoms with van der Waals surface area (Å²) in [5.41, 5.74) is 3.24. The van der Waals surface area contributed by atoms with Crippen molar-refractivity contribution in [3.05, 3.63) is 63.9 Å². The Bertz CT molecular complexity index is 584. The minimum atomic E-state index is -0.231. The molecule has 0 aromatic heterocycles. The Kier molecular flexibility index (Phi) is 5.15. The number of hydrogen-bond donors (Lipinski definition) is 1. The van der Waals surface area contributed by atoms with Gasteiger partial charge in [-0.25, -0.2) is 4.39 Å².